The molecule has 0 atom stereocenters. The third kappa shape index (κ3) is 2.56. The Bertz CT molecular complexity index is 321. The molecule has 0 aliphatic heterocycles. The van der Waals surface area contributed by atoms with Gasteiger partial charge in [0, 0.05) is 10.0 Å². The summed E-state index contributed by atoms with van der Waals surface area (Å²) in [5, 5.41) is 0. The van der Waals surface area contributed by atoms with Gasteiger partial charge in [0.1, 0.15) is 5.75 Å². The lowest BCUT2D eigenvalue weighted by Gasteiger charge is -2.05. The molecule has 0 aliphatic carbocycles. The quantitative estimate of drug-likeness (QED) is 0.762. The van der Waals surface area contributed by atoms with Crippen LogP contribution >= 0.6 is 15.9 Å². The summed E-state index contributed by atoms with van der Waals surface area (Å²) >= 11 is 3.32. The van der Waals surface area contributed by atoms with Gasteiger partial charge >= 0.3 is 0 Å². The smallest absolute Gasteiger partial charge is 0.160 e. The molecule has 70 valence electrons. The van der Waals surface area contributed by atoms with Crippen LogP contribution in [0.5, 0.6) is 5.75 Å². The van der Waals surface area contributed by atoms with Gasteiger partial charge in [0.05, 0.1) is 6.61 Å². The highest BCUT2D eigenvalue weighted by molar-refractivity contribution is 9.10. The van der Waals surface area contributed by atoms with Crippen LogP contribution in [0.2, 0.25) is 0 Å². The summed E-state index contributed by atoms with van der Waals surface area (Å²) in [6.45, 7) is 4.10. The highest BCUT2D eigenvalue weighted by Gasteiger charge is 2.05. The van der Waals surface area contributed by atoms with Crippen molar-refractivity contribution in [2.24, 2.45) is 0 Å². The summed E-state index contributed by atoms with van der Waals surface area (Å²) in [6.07, 6.45) is 0. The van der Waals surface area contributed by atoms with Crippen LogP contribution in [0.25, 0.3) is 0 Å². The molecule has 0 aromatic heterocycles. The molecule has 2 nitrogen and oxygen atoms in total. The molecule has 0 amide bonds. The highest BCUT2D eigenvalue weighted by atomic mass is 79.9. The lowest BCUT2D eigenvalue weighted by atomic mass is 10.1. The molecule has 0 N–H and O–H groups in total. The Morgan fingerprint density at radius 2 is 2.23 bits per heavy atom. The molecule has 0 spiro atoms. The topological polar surface area (TPSA) is 26.3 Å². The van der Waals surface area contributed by atoms with Crippen molar-refractivity contribution in [3.63, 3.8) is 0 Å². The highest BCUT2D eigenvalue weighted by Crippen LogP contribution is 2.23. The number of benzene rings is 1. The monoisotopic (exact) mass is 242 g/mol. The van der Waals surface area contributed by atoms with Crippen molar-refractivity contribution in [1.29, 1.82) is 0 Å². The van der Waals surface area contributed by atoms with Crippen LogP contribution in [-0.4, -0.2) is 12.4 Å². The first-order valence-corrected chi connectivity index (χ1v) is 4.87. The molecule has 13 heavy (non-hydrogen) atoms. The normalized spacial score (nSPS) is 9.77. The zero-order chi connectivity index (χ0) is 9.84. The number of rotatable bonds is 3. The second kappa shape index (κ2) is 4.42. The van der Waals surface area contributed by atoms with E-state index in [1.807, 2.05) is 6.92 Å². The maximum atomic E-state index is 11.1. The lowest BCUT2D eigenvalue weighted by Crippen LogP contribution is -1.96. The Labute approximate surface area is 86.0 Å². The molecular weight excluding hydrogens is 232 g/mol. The number of halogens is 1. The van der Waals surface area contributed by atoms with Crippen LogP contribution in [0.15, 0.2) is 22.7 Å². The third-order valence-electron chi connectivity index (χ3n) is 1.63. The van der Waals surface area contributed by atoms with E-state index in [0.717, 1.165) is 10.2 Å². The Kier molecular flexibility index (Phi) is 3.48. The van der Waals surface area contributed by atoms with Gasteiger partial charge in [-0.25, -0.2) is 0 Å². The second-order valence-corrected chi connectivity index (χ2v) is 3.49. The zero-order valence-electron chi connectivity index (χ0n) is 7.63. The van der Waals surface area contributed by atoms with Gasteiger partial charge in [-0.2, -0.15) is 0 Å². The minimum atomic E-state index is 0.0509. The van der Waals surface area contributed by atoms with Crippen LogP contribution in [0.1, 0.15) is 24.2 Å². The molecule has 0 heterocycles. The van der Waals surface area contributed by atoms with E-state index < -0.39 is 0 Å². The van der Waals surface area contributed by atoms with Crippen LogP contribution in [-0.2, 0) is 0 Å². The van der Waals surface area contributed by atoms with Crippen LogP contribution in [0.3, 0.4) is 0 Å². The maximum absolute atomic E-state index is 11.1. The molecule has 1 rings (SSSR count). The number of Topliss-reactive ketones (excluding diaryl/α,β-unsaturated/α-hetero) is 1. The average molecular weight is 243 g/mol. The first-order chi connectivity index (χ1) is 6.15. The molecule has 0 fully saturated rings. The molecule has 0 saturated heterocycles. The summed E-state index contributed by atoms with van der Waals surface area (Å²) in [6, 6.07) is 5.36. The van der Waals surface area contributed by atoms with Gasteiger partial charge < -0.3 is 4.74 Å². The molecule has 0 bridgehead atoms. The lowest BCUT2D eigenvalue weighted by molar-refractivity contribution is 0.101. The van der Waals surface area contributed by atoms with Gasteiger partial charge in [0.15, 0.2) is 5.78 Å². The predicted molar refractivity (Wildman–Crippen MR) is 55.3 cm³/mol. The molecular formula is C10H11BrO2. The number of hydrogen-bond donors (Lipinski definition) is 0. The summed E-state index contributed by atoms with van der Waals surface area (Å²) in [7, 11) is 0. The van der Waals surface area contributed by atoms with Gasteiger partial charge in [-0.1, -0.05) is 0 Å². The summed E-state index contributed by atoms with van der Waals surface area (Å²) < 4.78 is 6.06. The summed E-state index contributed by atoms with van der Waals surface area (Å²) in [4.78, 5) is 11.1. The number of carbonyl (C=O) groups is 1. The van der Waals surface area contributed by atoms with E-state index in [9.17, 15) is 4.79 Å². The van der Waals surface area contributed by atoms with E-state index in [1.54, 1.807) is 25.1 Å². The van der Waals surface area contributed by atoms with Gasteiger partial charge in [-0.05, 0) is 48.0 Å². The van der Waals surface area contributed by atoms with Crippen molar-refractivity contribution in [1.82, 2.24) is 0 Å². The van der Waals surface area contributed by atoms with Crippen molar-refractivity contribution in [3.8, 4) is 5.75 Å². The van der Waals surface area contributed by atoms with E-state index in [0.29, 0.717) is 12.2 Å². The van der Waals surface area contributed by atoms with Crippen molar-refractivity contribution < 1.29 is 9.53 Å². The molecule has 1 aromatic carbocycles. The standard InChI is InChI=1S/C10H11BrO2/c1-3-13-8-4-5-9(7(2)12)10(11)6-8/h4-6H,3H2,1-2H3. The molecule has 1 aromatic rings. The van der Waals surface area contributed by atoms with E-state index >= 15 is 0 Å². The minimum absolute atomic E-state index is 0.0509. The molecule has 0 saturated carbocycles. The largest absolute Gasteiger partial charge is 0.494 e. The summed E-state index contributed by atoms with van der Waals surface area (Å²) in [5.74, 6) is 0.828. The van der Waals surface area contributed by atoms with Gasteiger partial charge in [-0.3, -0.25) is 4.79 Å². The number of hydrogen-bond acceptors (Lipinski definition) is 2. The predicted octanol–water partition coefficient (Wildman–Crippen LogP) is 3.05. The van der Waals surface area contributed by atoms with Crippen molar-refractivity contribution in [3.05, 3.63) is 28.2 Å². The Morgan fingerprint density at radius 1 is 1.54 bits per heavy atom. The first-order valence-electron chi connectivity index (χ1n) is 4.08. The number of ether oxygens (including phenoxy) is 1. The van der Waals surface area contributed by atoms with Crippen molar-refractivity contribution >= 4 is 21.7 Å². The first kappa shape index (κ1) is 10.3. The zero-order valence-corrected chi connectivity index (χ0v) is 9.22. The minimum Gasteiger partial charge on any atom is -0.494 e. The maximum Gasteiger partial charge on any atom is 0.160 e. The fraction of sp³-hybridized carbons (Fsp3) is 0.300. The van der Waals surface area contributed by atoms with E-state index in [-0.39, 0.29) is 5.78 Å². The van der Waals surface area contributed by atoms with E-state index in [2.05, 4.69) is 15.9 Å². The number of carbonyl (C=O) groups excluding carboxylic acids is 1. The van der Waals surface area contributed by atoms with E-state index in [1.165, 1.54) is 0 Å². The molecule has 0 aliphatic rings. The fourth-order valence-electron chi connectivity index (χ4n) is 1.04. The fourth-order valence-corrected chi connectivity index (χ4v) is 1.67. The Morgan fingerprint density at radius 3 is 2.69 bits per heavy atom. The van der Waals surface area contributed by atoms with Crippen LogP contribution in [0.4, 0.5) is 0 Å². The summed E-state index contributed by atoms with van der Waals surface area (Å²) in [5.41, 5.74) is 0.684. The SMILES string of the molecule is CCOc1ccc(C(C)=O)c(Br)c1. The van der Waals surface area contributed by atoms with Crippen molar-refractivity contribution in [2.45, 2.75) is 13.8 Å². The molecule has 0 unspecified atom stereocenters. The average Bonchev–Trinajstić information content (AvgIpc) is 2.04. The van der Waals surface area contributed by atoms with E-state index in [4.69, 9.17) is 4.74 Å². The van der Waals surface area contributed by atoms with Crippen molar-refractivity contribution in [2.75, 3.05) is 6.61 Å². The Balaban J connectivity index is 2.98. The number of ketones is 1. The third-order valence-corrected chi connectivity index (χ3v) is 2.29. The van der Waals surface area contributed by atoms with Gasteiger partial charge in [0.2, 0.25) is 0 Å². The Hall–Kier alpha value is -0.830. The van der Waals surface area contributed by atoms with Gasteiger partial charge in [-0.15, -0.1) is 0 Å². The molecule has 0 radical (unpaired) electrons. The van der Waals surface area contributed by atoms with Crippen LogP contribution in [0, 0.1) is 0 Å². The van der Waals surface area contributed by atoms with Gasteiger partial charge in [0.25, 0.3) is 0 Å². The molecule has 3 heteroatoms. The van der Waals surface area contributed by atoms with Crippen LogP contribution < -0.4 is 4.74 Å². The second-order valence-electron chi connectivity index (χ2n) is 2.63.